The summed E-state index contributed by atoms with van der Waals surface area (Å²) in [5.41, 5.74) is 2.60. The van der Waals surface area contributed by atoms with Crippen molar-refractivity contribution < 1.29 is 9.13 Å². The number of pyridine rings is 1. The van der Waals surface area contributed by atoms with E-state index in [9.17, 15) is 0 Å². The number of likely N-dealkylation sites (tertiary alicyclic amines) is 1. The van der Waals surface area contributed by atoms with Gasteiger partial charge in [-0.25, -0.2) is 4.39 Å². The largest absolute Gasteiger partial charge is 0.462 e. The van der Waals surface area contributed by atoms with Gasteiger partial charge in [0.15, 0.2) is 5.82 Å². The number of piperazine rings is 1. The summed E-state index contributed by atoms with van der Waals surface area (Å²) in [6.45, 7) is 4.03. The molecule has 0 radical (unpaired) electrons. The highest BCUT2D eigenvalue weighted by molar-refractivity contribution is 5.99. The van der Waals surface area contributed by atoms with Crippen molar-refractivity contribution in [1.29, 1.82) is 0 Å². The first-order valence-electron chi connectivity index (χ1n) is 15.5. The second kappa shape index (κ2) is 11.2. The fourth-order valence-corrected chi connectivity index (χ4v) is 7.20. The molecule has 3 aliphatic heterocycles. The minimum Gasteiger partial charge on any atom is -0.462 e. The number of aromatic nitrogens is 3. The molecule has 2 unspecified atom stereocenters. The number of fused-ring (bicyclic) bond motifs is 4. The van der Waals surface area contributed by atoms with E-state index in [4.69, 9.17) is 14.7 Å². The molecule has 7 nitrogen and oxygen atoms in total. The number of rotatable bonds is 7. The Kier molecular flexibility index (Phi) is 6.88. The Bertz CT molecular complexity index is 1760. The Morgan fingerprint density at radius 2 is 1.65 bits per heavy atom. The number of hydrogen-bond acceptors (Lipinski definition) is 7. The number of hydrogen-bond donors (Lipinski definition) is 1. The van der Waals surface area contributed by atoms with Crippen molar-refractivity contribution in [3.8, 4) is 17.3 Å². The van der Waals surface area contributed by atoms with Crippen LogP contribution in [0.1, 0.15) is 31.2 Å². The van der Waals surface area contributed by atoms with Crippen LogP contribution >= 0.6 is 0 Å². The van der Waals surface area contributed by atoms with Gasteiger partial charge in [-0.15, -0.1) is 0 Å². The Morgan fingerprint density at radius 1 is 0.860 bits per heavy atom. The van der Waals surface area contributed by atoms with Crippen LogP contribution in [0.4, 0.5) is 10.2 Å². The van der Waals surface area contributed by atoms with Gasteiger partial charge in [0.2, 0.25) is 0 Å². The van der Waals surface area contributed by atoms with Gasteiger partial charge >= 0.3 is 6.01 Å². The van der Waals surface area contributed by atoms with Gasteiger partial charge in [-0.3, -0.25) is 9.88 Å². The van der Waals surface area contributed by atoms with Crippen molar-refractivity contribution >= 4 is 27.5 Å². The molecule has 2 bridgehead atoms. The van der Waals surface area contributed by atoms with E-state index in [1.807, 2.05) is 48.5 Å². The highest BCUT2D eigenvalue weighted by atomic mass is 19.1. The molecule has 43 heavy (non-hydrogen) atoms. The van der Waals surface area contributed by atoms with Crippen molar-refractivity contribution in [2.45, 2.75) is 50.4 Å². The first kappa shape index (κ1) is 26.5. The predicted octanol–water partition coefficient (Wildman–Crippen LogP) is 5.97. The number of halogens is 1. The van der Waals surface area contributed by atoms with Gasteiger partial charge in [0.25, 0.3) is 0 Å². The van der Waals surface area contributed by atoms with E-state index >= 15 is 4.39 Å². The molecule has 5 heterocycles. The van der Waals surface area contributed by atoms with E-state index < -0.39 is 5.82 Å². The van der Waals surface area contributed by atoms with Crippen molar-refractivity contribution in [2.24, 2.45) is 0 Å². The van der Waals surface area contributed by atoms with Gasteiger partial charge in [-0.1, -0.05) is 72.8 Å². The molecule has 8 rings (SSSR count). The molecule has 3 aliphatic rings. The highest BCUT2D eigenvalue weighted by Gasteiger charge is 2.34. The Balaban J connectivity index is 1.16. The standard InChI is InChI=1S/C35H35FN6O/c36-31-32(29-14-6-11-24-10-4-5-13-28(24)29)37-18-30-33(31)39-35(40-34(30)42-20-25-15-16-26(21-42)38-25)43-22-27-12-7-17-41(27)19-23-8-2-1-3-9-23/h1-6,8-11,13-14,18,25-27,38H,7,12,15-17,19-22H2/t25?,26?,27-/m0/s1. The first-order chi connectivity index (χ1) is 21.2. The van der Waals surface area contributed by atoms with E-state index in [-0.39, 0.29) is 17.6 Å². The lowest BCUT2D eigenvalue weighted by atomic mass is 10.0. The molecule has 218 valence electrons. The average molecular weight is 575 g/mol. The monoisotopic (exact) mass is 574 g/mol. The van der Waals surface area contributed by atoms with E-state index in [2.05, 4.69) is 44.4 Å². The summed E-state index contributed by atoms with van der Waals surface area (Å²) in [5.74, 6) is 0.272. The average Bonchev–Trinajstić information content (AvgIpc) is 3.64. The van der Waals surface area contributed by atoms with Crippen molar-refractivity contribution in [3.63, 3.8) is 0 Å². The summed E-state index contributed by atoms with van der Waals surface area (Å²) in [7, 11) is 0. The maximum Gasteiger partial charge on any atom is 0.319 e. The zero-order valence-electron chi connectivity index (χ0n) is 24.1. The molecule has 8 heteroatoms. The summed E-state index contributed by atoms with van der Waals surface area (Å²) in [6.07, 6.45) is 6.21. The zero-order chi connectivity index (χ0) is 28.8. The predicted molar refractivity (Wildman–Crippen MR) is 168 cm³/mol. The van der Waals surface area contributed by atoms with Crippen LogP contribution in [-0.4, -0.2) is 64.2 Å². The summed E-state index contributed by atoms with van der Waals surface area (Å²) in [4.78, 5) is 19.1. The van der Waals surface area contributed by atoms with Crippen LogP contribution < -0.4 is 15.0 Å². The molecular weight excluding hydrogens is 539 g/mol. The molecule has 3 aromatic carbocycles. The smallest absolute Gasteiger partial charge is 0.319 e. The van der Waals surface area contributed by atoms with Gasteiger partial charge in [-0.05, 0) is 48.6 Å². The van der Waals surface area contributed by atoms with Crippen LogP contribution in [0, 0.1) is 5.82 Å². The van der Waals surface area contributed by atoms with Gasteiger partial charge in [-0.2, -0.15) is 9.97 Å². The maximum atomic E-state index is 16.6. The number of anilines is 1. The molecule has 3 fully saturated rings. The van der Waals surface area contributed by atoms with Crippen molar-refractivity contribution in [2.75, 3.05) is 31.1 Å². The lowest BCUT2D eigenvalue weighted by molar-refractivity contribution is 0.160. The van der Waals surface area contributed by atoms with Crippen LogP contribution in [-0.2, 0) is 6.54 Å². The fourth-order valence-electron chi connectivity index (χ4n) is 7.20. The molecule has 5 aromatic rings. The number of nitrogens with zero attached hydrogens (tertiary/aromatic N) is 5. The molecule has 1 N–H and O–H groups in total. The van der Waals surface area contributed by atoms with E-state index in [0.717, 1.165) is 68.2 Å². The normalized spacial score (nSPS) is 22.1. The molecule has 0 spiro atoms. The highest BCUT2D eigenvalue weighted by Crippen LogP contribution is 2.36. The molecule has 2 aromatic heterocycles. The quantitative estimate of drug-likeness (QED) is 0.257. The molecule has 0 saturated carbocycles. The number of benzene rings is 3. The summed E-state index contributed by atoms with van der Waals surface area (Å²) in [6, 6.07) is 25.8. The second-order valence-corrected chi connectivity index (χ2v) is 12.1. The Morgan fingerprint density at radius 3 is 2.51 bits per heavy atom. The van der Waals surface area contributed by atoms with Crippen LogP contribution in [0.25, 0.3) is 32.9 Å². The van der Waals surface area contributed by atoms with Crippen LogP contribution in [0.2, 0.25) is 0 Å². The van der Waals surface area contributed by atoms with Crippen molar-refractivity contribution in [3.05, 3.63) is 90.4 Å². The summed E-state index contributed by atoms with van der Waals surface area (Å²) < 4.78 is 22.9. The van der Waals surface area contributed by atoms with Crippen LogP contribution in [0.3, 0.4) is 0 Å². The molecule has 3 saturated heterocycles. The third kappa shape index (κ3) is 5.08. The van der Waals surface area contributed by atoms with Crippen LogP contribution in [0.5, 0.6) is 6.01 Å². The van der Waals surface area contributed by atoms with Crippen molar-refractivity contribution in [1.82, 2.24) is 25.2 Å². The summed E-state index contributed by atoms with van der Waals surface area (Å²) >= 11 is 0. The fraction of sp³-hybridized carbons (Fsp3) is 0.343. The lowest BCUT2D eigenvalue weighted by Gasteiger charge is -2.34. The third-order valence-electron chi connectivity index (χ3n) is 9.34. The van der Waals surface area contributed by atoms with Gasteiger partial charge < -0.3 is 15.0 Å². The number of ether oxygens (including phenoxy) is 1. The van der Waals surface area contributed by atoms with Gasteiger partial charge in [0, 0.05) is 49.5 Å². The lowest BCUT2D eigenvalue weighted by Crippen LogP contribution is -2.51. The molecular formula is C35H35FN6O. The second-order valence-electron chi connectivity index (χ2n) is 12.1. The maximum absolute atomic E-state index is 16.6. The van der Waals surface area contributed by atoms with E-state index in [0.29, 0.717) is 35.6 Å². The van der Waals surface area contributed by atoms with Gasteiger partial charge in [0.1, 0.15) is 23.6 Å². The third-order valence-corrected chi connectivity index (χ3v) is 9.34. The zero-order valence-corrected chi connectivity index (χ0v) is 24.1. The van der Waals surface area contributed by atoms with Gasteiger partial charge in [0.05, 0.1) is 5.39 Å². The number of nitrogens with one attached hydrogen (secondary N) is 1. The Hall–Kier alpha value is -4.14. The minimum atomic E-state index is -0.438. The van der Waals surface area contributed by atoms with E-state index in [1.165, 1.54) is 5.56 Å². The molecule has 0 aliphatic carbocycles. The first-order valence-corrected chi connectivity index (χ1v) is 15.5. The molecule has 0 amide bonds. The topological polar surface area (TPSA) is 66.4 Å². The Labute approximate surface area is 250 Å². The summed E-state index contributed by atoms with van der Waals surface area (Å²) in [5, 5.41) is 6.32. The SMILES string of the molecule is Fc1c(-c2cccc3ccccc23)ncc2c(N3CC4CCC(C3)N4)nc(OC[C@@H]3CCCN3Cc3ccccc3)nc12. The molecule has 3 atom stereocenters. The minimum absolute atomic E-state index is 0.230. The van der Waals surface area contributed by atoms with E-state index in [1.54, 1.807) is 6.20 Å². The van der Waals surface area contributed by atoms with Crippen LogP contribution in [0.15, 0.2) is 79.0 Å².